The van der Waals surface area contributed by atoms with Gasteiger partial charge < -0.3 is 5.73 Å². The SMILES string of the molecule is NC(=O)NNc1ccnnn1. The summed E-state index contributed by atoms with van der Waals surface area (Å²) in [5.41, 5.74) is 9.29. The van der Waals surface area contributed by atoms with Crippen molar-refractivity contribution >= 4 is 11.8 Å². The Kier molecular flexibility index (Phi) is 2.16. The zero-order chi connectivity index (χ0) is 8.10. The summed E-state index contributed by atoms with van der Waals surface area (Å²) in [5.74, 6) is 0.374. The maximum Gasteiger partial charge on any atom is 0.330 e. The van der Waals surface area contributed by atoms with Crippen LogP contribution in [0.5, 0.6) is 0 Å². The Balaban J connectivity index is 2.45. The summed E-state index contributed by atoms with van der Waals surface area (Å²) >= 11 is 0. The molecule has 0 atom stereocenters. The van der Waals surface area contributed by atoms with Crippen LogP contribution in [0.4, 0.5) is 10.6 Å². The summed E-state index contributed by atoms with van der Waals surface area (Å²) in [7, 11) is 0. The summed E-state index contributed by atoms with van der Waals surface area (Å²) in [4.78, 5) is 10.2. The molecular weight excluding hydrogens is 148 g/mol. The second kappa shape index (κ2) is 3.30. The van der Waals surface area contributed by atoms with Gasteiger partial charge in [0.25, 0.3) is 0 Å². The number of hydrogen-bond acceptors (Lipinski definition) is 5. The highest BCUT2D eigenvalue weighted by Crippen LogP contribution is 1.91. The summed E-state index contributed by atoms with van der Waals surface area (Å²) in [5, 5.41) is 10.2. The van der Waals surface area contributed by atoms with Gasteiger partial charge in [-0.25, -0.2) is 4.79 Å². The summed E-state index contributed by atoms with van der Waals surface area (Å²) < 4.78 is 0. The highest BCUT2D eigenvalue weighted by molar-refractivity contribution is 5.72. The number of rotatable bonds is 2. The van der Waals surface area contributed by atoms with Gasteiger partial charge in [0.15, 0.2) is 5.82 Å². The van der Waals surface area contributed by atoms with Crippen LogP contribution < -0.4 is 16.6 Å². The molecule has 0 unspecified atom stereocenters. The average Bonchev–Trinajstić information content (AvgIpc) is 2.03. The molecule has 7 nitrogen and oxygen atoms in total. The Hall–Kier alpha value is -1.92. The number of anilines is 1. The van der Waals surface area contributed by atoms with Crippen molar-refractivity contribution in [3.8, 4) is 0 Å². The van der Waals surface area contributed by atoms with Crippen LogP contribution in [0.3, 0.4) is 0 Å². The smallest absolute Gasteiger partial charge is 0.330 e. The van der Waals surface area contributed by atoms with E-state index in [1.54, 1.807) is 0 Å². The molecule has 1 rings (SSSR count). The Bertz CT molecular complexity index is 236. The third-order valence-electron chi connectivity index (χ3n) is 0.817. The minimum Gasteiger partial charge on any atom is -0.350 e. The Morgan fingerprint density at radius 2 is 2.45 bits per heavy atom. The Morgan fingerprint density at radius 3 is 3.00 bits per heavy atom. The van der Waals surface area contributed by atoms with Gasteiger partial charge in [0, 0.05) is 6.07 Å². The fourth-order valence-electron chi connectivity index (χ4n) is 0.433. The molecule has 0 bridgehead atoms. The van der Waals surface area contributed by atoms with Crippen LogP contribution in [0.2, 0.25) is 0 Å². The van der Waals surface area contributed by atoms with Gasteiger partial charge in [-0.1, -0.05) is 0 Å². The van der Waals surface area contributed by atoms with Crippen LogP contribution >= 0.6 is 0 Å². The number of aromatic nitrogens is 3. The van der Waals surface area contributed by atoms with Crippen molar-refractivity contribution in [2.45, 2.75) is 0 Å². The van der Waals surface area contributed by atoms with E-state index in [-0.39, 0.29) is 0 Å². The molecule has 0 spiro atoms. The van der Waals surface area contributed by atoms with E-state index in [1.807, 2.05) is 0 Å². The van der Waals surface area contributed by atoms with Gasteiger partial charge in [0.2, 0.25) is 0 Å². The molecule has 1 aromatic heterocycles. The number of carbonyl (C=O) groups is 1. The molecule has 0 saturated carbocycles. The first kappa shape index (κ1) is 7.19. The molecule has 58 valence electrons. The summed E-state index contributed by atoms with van der Waals surface area (Å²) in [6, 6.07) is 0.840. The van der Waals surface area contributed by atoms with E-state index in [0.29, 0.717) is 5.82 Å². The molecule has 4 N–H and O–H groups in total. The number of nitrogens with zero attached hydrogens (tertiary/aromatic N) is 3. The minimum absolute atomic E-state index is 0.374. The molecule has 11 heavy (non-hydrogen) atoms. The van der Waals surface area contributed by atoms with Crippen molar-refractivity contribution in [3.05, 3.63) is 12.3 Å². The second-order valence-electron chi connectivity index (χ2n) is 1.62. The maximum atomic E-state index is 10.2. The molecule has 0 fully saturated rings. The Labute approximate surface area is 62.0 Å². The third-order valence-corrected chi connectivity index (χ3v) is 0.817. The van der Waals surface area contributed by atoms with Crippen molar-refractivity contribution in [1.29, 1.82) is 0 Å². The largest absolute Gasteiger partial charge is 0.350 e. The van der Waals surface area contributed by atoms with Crippen LogP contribution in [-0.4, -0.2) is 21.4 Å². The van der Waals surface area contributed by atoms with Crippen LogP contribution in [0.25, 0.3) is 0 Å². The molecule has 1 heterocycles. The summed E-state index contributed by atoms with van der Waals surface area (Å²) in [6.07, 6.45) is 1.43. The third kappa shape index (κ3) is 2.43. The topological polar surface area (TPSA) is 106 Å². The van der Waals surface area contributed by atoms with E-state index in [2.05, 4.69) is 26.3 Å². The van der Waals surface area contributed by atoms with Gasteiger partial charge in [-0.3, -0.25) is 10.9 Å². The van der Waals surface area contributed by atoms with Crippen molar-refractivity contribution in [3.63, 3.8) is 0 Å². The van der Waals surface area contributed by atoms with Crippen LogP contribution in [-0.2, 0) is 0 Å². The van der Waals surface area contributed by atoms with E-state index in [1.165, 1.54) is 12.3 Å². The molecule has 0 aliphatic heterocycles. The Morgan fingerprint density at radius 1 is 1.64 bits per heavy atom. The predicted octanol–water partition coefficient (Wildman–Crippen LogP) is -1.13. The predicted molar refractivity (Wildman–Crippen MR) is 36.2 cm³/mol. The number of hydrogen-bond donors (Lipinski definition) is 3. The first-order valence-corrected chi connectivity index (χ1v) is 2.75. The molecule has 0 radical (unpaired) electrons. The molecule has 7 heteroatoms. The van der Waals surface area contributed by atoms with Crippen molar-refractivity contribution < 1.29 is 4.79 Å². The maximum absolute atomic E-state index is 10.2. The first-order chi connectivity index (χ1) is 5.29. The number of nitrogens with two attached hydrogens (primary N) is 1. The lowest BCUT2D eigenvalue weighted by molar-refractivity contribution is 0.250. The van der Waals surface area contributed by atoms with Crippen LogP contribution in [0, 0.1) is 0 Å². The number of hydrazine groups is 1. The van der Waals surface area contributed by atoms with Crippen molar-refractivity contribution in [2.24, 2.45) is 5.73 Å². The van der Waals surface area contributed by atoms with Crippen LogP contribution in [0.1, 0.15) is 0 Å². The molecule has 0 aliphatic rings. The van der Waals surface area contributed by atoms with Gasteiger partial charge >= 0.3 is 6.03 Å². The monoisotopic (exact) mass is 154 g/mol. The van der Waals surface area contributed by atoms with E-state index < -0.39 is 6.03 Å². The van der Waals surface area contributed by atoms with E-state index in [4.69, 9.17) is 5.73 Å². The fourth-order valence-corrected chi connectivity index (χ4v) is 0.433. The molecule has 0 aliphatic carbocycles. The normalized spacial score (nSPS) is 8.73. The number of urea groups is 1. The quantitative estimate of drug-likeness (QED) is 0.467. The van der Waals surface area contributed by atoms with Crippen LogP contribution in [0.15, 0.2) is 12.3 Å². The lowest BCUT2D eigenvalue weighted by Gasteiger charge is -2.01. The average molecular weight is 154 g/mol. The van der Waals surface area contributed by atoms with Gasteiger partial charge in [-0.05, 0) is 5.21 Å². The molecular formula is C4H6N6O. The molecule has 0 aromatic carbocycles. The zero-order valence-corrected chi connectivity index (χ0v) is 5.48. The molecule has 0 saturated heterocycles. The van der Waals surface area contributed by atoms with E-state index in [9.17, 15) is 4.79 Å². The first-order valence-electron chi connectivity index (χ1n) is 2.75. The number of carbonyl (C=O) groups excluding carboxylic acids is 1. The zero-order valence-electron chi connectivity index (χ0n) is 5.48. The number of amides is 2. The van der Waals surface area contributed by atoms with E-state index >= 15 is 0 Å². The minimum atomic E-state index is -0.691. The summed E-state index contributed by atoms with van der Waals surface area (Å²) in [6.45, 7) is 0. The van der Waals surface area contributed by atoms with Gasteiger partial charge in [0.05, 0.1) is 6.20 Å². The molecule has 2 amide bonds. The van der Waals surface area contributed by atoms with Gasteiger partial charge in [-0.2, -0.15) is 0 Å². The molecule has 1 aromatic rings. The van der Waals surface area contributed by atoms with Gasteiger partial charge in [0.1, 0.15) is 0 Å². The van der Waals surface area contributed by atoms with E-state index in [0.717, 1.165) is 0 Å². The fraction of sp³-hybridized carbons (Fsp3) is 0. The highest BCUT2D eigenvalue weighted by atomic mass is 16.2. The van der Waals surface area contributed by atoms with Crippen molar-refractivity contribution in [2.75, 3.05) is 5.43 Å². The van der Waals surface area contributed by atoms with Crippen molar-refractivity contribution in [1.82, 2.24) is 20.8 Å². The lowest BCUT2D eigenvalue weighted by Crippen LogP contribution is -2.34. The van der Waals surface area contributed by atoms with Gasteiger partial charge in [-0.15, -0.1) is 10.2 Å². The lowest BCUT2D eigenvalue weighted by atomic mass is 10.6. The standard InChI is InChI=1S/C4H6N6O/c5-4(11)9-7-3-1-2-6-10-8-3/h1-2H,(H3,5,9,11)(H,6,7,8). The highest BCUT2D eigenvalue weighted by Gasteiger charge is 1.92. The second-order valence-corrected chi connectivity index (χ2v) is 1.62. The number of primary amides is 1. The number of nitrogens with one attached hydrogen (secondary N) is 2.